The van der Waals surface area contributed by atoms with Gasteiger partial charge in [-0.15, -0.1) is 0 Å². The third-order valence-corrected chi connectivity index (χ3v) is 3.59. The van der Waals surface area contributed by atoms with Gasteiger partial charge in [0, 0.05) is 6.54 Å². The van der Waals surface area contributed by atoms with Crippen molar-refractivity contribution in [1.82, 2.24) is 10.2 Å². The Hall–Kier alpha value is -2.08. The maximum atomic E-state index is 12.2. The van der Waals surface area contributed by atoms with Gasteiger partial charge in [0.25, 0.3) is 0 Å². The molecule has 0 aromatic heterocycles. The van der Waals surface area contributed by atoms with Gasteiger partial charge in [-0.05, 0) is 24.6 Å². The summed E-state index contributed by atoms with van der Waals surface area (Å²) in [7, 11) is 2.95. The summed E-state index contributed by atoms with van der Waals surface area (Å²) in [6.45, 7) is 2.15. The molecule has 114 valence electrons. The second-order valence-electron chi connectivity index (χ2n) is 4.92. The van der Waals surface area contributed by atoms with Crippen LogP contribution in [0.15, 0.2) is 24.3 Å². The molecule has 0 radical (unpaired) electrons. The molecule has 1 aliphatic heterocycles. The first kappa shape index (κ1) is 15.3. The van der Waals surface area contributed by atoms with Crippen molar-refractivity contribution in [2.45, 2.75) is 25.6 Å². The van der Waals surface area contributed by atoms with Crippen LogP contribution in [-0.4, -0.2) is 43.6 Å². The summed E-state index contributed by atoms with van der Waals surface area (Å²) >= 11 is 0. The van der Waals surface area contributed by atoms with E-state index in [9.17, 15) is 9.59 Å². The first-order valence-electron chi connectivity index (χ1n) is 6.84. The van der Waals surface area contributed by atoms with Crippen LogP contribution in [0.1, 0.15) is 25.1 Å². The van der Waals surface area contributed by atoms with Crippen molar-refractivity contribution in [3.8, 4) is 5.75 Å². The Labute approximate surface area is 124 Å². The lowest BCUT2D eigenvalue weighted by Crippen LogP contribution is -2.32. The molecule has 0 aliphatic carbocycles. The average Bonchev–Trinajstić information content (AvgIpc) is 2.80. The highest BCUT2D eigenvalue weighted by Crippen LogP contribution is 2.26. The molecule has 21 heavy (non-hydrogen) atoms. The largest absolute Gasteiger partial charge is 0.497 e. The molecule has 1 aliphatic rings. The second-order valence-corrected chi connectivity index (χ2v) is 4.92. The minimum absolute atomic E-state index is 0.0141. The van der Waals surface area contributed by atoms with Gasteiger partial charge in [0.05, 0.1) is 26.7 Å². The van der Waals surface area contributed by atoms with E-state index in [0.717, 1.165) is 11.3 Å². The average molecular weight is 292 g/mol. The van der Waals surface area contributed by atoms with Crippen LogP contribution in [0.25, 0.3) is 0 Å². The van der Waals surface area contributed by atoms with Crippen LogP contribution in [-0.2, 0) is 14.3 Å². The number of amides is 1. The first-order chi connectivity index (χ1) is 10.1. The number of esters is 1. The smallest absolute Gasteiger partial charge is 0.307 e. The summed E-state index contributed by atoms with van der Waals surface area (Å²) in [5.74, 6) is 0.424. The van der Waals surface area contributed by atoms with Crippen LogP contribution in [0.3, 0.4) is 0 Å². The summed E-state index contributed by atoms with van der Waals surface area (Å²) in [5, 5.41) is 3.23. The summed E-state index contributed by atoms with van der Waals surface area (Å²) in [6, 6.07) is 7.25. The van der Waals surface area contributed by atoms with Crippen molar-refractivity contribution in [3.63, 3.8) is 0 Å². The molecule has 1 fully saturated rings. The quantitative estimate of drug-likeness (QED) is 0.822. The van der Waals surface area contributed by atoms with E-state index in [4.69, 9.17) is 4.74 Å². The van der Waals surface area contributed by atoms with Crippen LogP contribution in [0.4, 0.5) is 0 Å². The van der Waals surface area contributed by atoms with Gasteiger partial charge in [0.15, 0.2) is 0 Å². The van der Waals surface area contributed by atoms with Crippen LogP contribution >= 0.6 is 0 Å². The number of carbonyl (C=O) groups is 2. The molecule has 1 aromatic carbocycles. The topological polar surface area (TPSA) is 67.9 Å². The number of carbonyl (C=O) groups excluding carboxylic acids is 2. The fourth-order valence-electron chi connectivity index (χ4n) is 2.39. The predicted molar refractivity (Wildman–Crippen MR) is 76.7 cm³/mol. The number of benzene rings is 1. The molecule has 2 rings (SSSR count). The molecule has 1 amide bonds. The molecular formula is C15H20N2O4. The highest BCUT2D eigenvalue weighted by atomic mass is 16.5. The molecule has 0 saturated carbocycles. The van der Waals surface area contributed by atoms with E-state index >= 15 is 0 Å². The highest BCUT2D eigenvalue weighted by molar-refractivity contribution is 5.84. The zero-order chi connectivity index (χ0) is 15.4. The van der Waals surface area contributed by atoms with Gasteiger partial charge in [-0.1, -0.05) is 12.1 Å². The molecule has 2 unspecified atom stereocenters. The summed E-state index contributed by atoms with van der Waals surface area (Å²) < 4.78 is 9.76. The molecule has 6 heteroatoms. The monoisotopic (exact) mass is 292 g/mol. The molecule has 1 N–H and O–H groups in total. The van der Waals surface area contributed by atoms with Gasteiger partial charge >= 0.3 is 5.97 Å². The molecule has 1 aromatic rings. The van der Waals surface area contributed by atoms with E-state index in [2.05, 4.69) is 10.1 Å². The zero-order valence-corrected chi connectivity index (χ0v) is 12.5. The maximum absolute atomic E-state index is 12.2. The van der Waals surface area contributed by atoms with E-state index in [1.165, 1.54) is 7.11 Å². The van der Waals surface area contributed by atoms with Crippen molar-refractivity contribution in [2.75, 3.05) is 20.8 Å². The standard InChI is InChI=1S/C15H20N2O4/c1-10-15(19)17(9-8-13(18)21-3)14(16-10)11-4-6-12(20-2)7-5-11/h4-7,10,14,16H,8-9H2,1-3H3. The summed E-state index contributed by atoms with van der Waals surface area (Å²) in [5.41, 5.74) is 0.957. The van der Waals surface area contributed by atoms with Gasteiger partial charge < -0.3 is 14.4 Å². The van der Waals surface area contributed by atoms with Crippen LogP contribution in [0, 0.1) is 0 Å². The van der Waals surface area contributed by atoms with Gasteiger partial charge in [0.2, 0.25) is 5.91 Å². The lowest BCUT2D eigenvalue weighted by Gasteiger charge is -2.24. The molecule has 2 atom stereocenters. The Bertz CT molecular complexity index is 515. The molecule has 0 spiro atoms. The molecule has 1 heterocycles. The van der Waals surface area contributed by atoms with E-state index in [1.54, 1.807) is 12.0 Å². The number of nitrogens with zero attached hydrogens (tertiary/aromatic N) is 1. The molecule has 1 saturated heterocycles. The van der Waals surface area contributed by atoms with E-state index < -0.39 is 0 Å². The van der Waals surface area contributed by atoms with Crippen LogP contribution in [0.2, 0.25) is 0 Å². The van der Waals surface area contributed by atoms with Gasteiger partial charge in [-0.3, -0.25) is 14.9 Å². The molecule has 0 bridgehead atoms. The number of ether oxygens (including phenoxy) is 2. The van der Waals surface area contributed by atoms with Crippen molar-refractivity contribution < 1.29 is 19.1 Å². The molecular weight excluding hydrogens is 272 g/mol. The van der Waals surface area contributed by atoms with E-state index in [-0.39, 0.29) is 30.5 Å². The van der Waals surface area contributed by atoms with Gasteiger partial charge in [-0.25, -0.2) is 0 Å². The van der Waals surface area contributed by atoms with Crippen molar-refractivity contribution >= 4 is 11.9 Å². The van der Waals surface area contributed by atoms with Crippen LogP contribution in [0.5, 0.6) is 5.75 Å². The lowest BCUT2D eigenvalue weighted by molar-refractivity contribution is -0.141. The highest BCUT2D eigenvalue weighted by Gasteiger charge is 2.37. The van der Waals surface area contributed by atoms with Crippen molar-refractivity contribution in [3.05, 3.63) is 29.8 Å². The Kier molecular flexibility index (Phi) is 4.80. The number of methoxy groups -OCH3 is 2. The first-order valence-corrected chi connectivity index (χ1v) is 6.84. The maximum Gasteiger partial charge on any atom is 0.307 e. The van der Waals surface area contributed by atoms with Crippen molar-refractivity contribution in [2.24, 2.45) is 0 Å². The zero-order valence-electron chi connectivity index (χ0n) is 12.5. The van der Waals surface area contributed by atoms with E-state index in [1.807, 2.05) is 31.2 Å². The fraction of sp³-hybridized carbons (Fsp3) is 0.467. The van der Waals surface area contributed by atoms with E-state index in [0.29, 0.717) is 6.54 Å². The van der Waals surface area contributed by atoms with Gasteiger partial charge in [-0.2, -0.15) is 0 Å². The van der Waals surface area contributed by atoms with Gasteiger partial charge in [0.1, 0.15) is 11.9 Å². The van der Waals surface area contributed by atoms with Crippen molar-refractivity contribution in [1.29, 1.82) is 0 Å². The summed E-state index contributed by atoms with van der Waals surface area (Å²) in [4.78, 5) is 25.2. The Morgan fingerprint density at radius 1 is 1.29 bits per heavy atom. The molecule has 6 nitrogen and oxygen atoms in total. The third kappa shape index (κ3) is 3.33. The normalized spacial score (nSPS) is 21.5. The number of rotatable bonds is 5. The van der Waals surface area contributed by atoms with Crippen LogP contribution < -0.4 is 10.1 Å². The number of hydrogen-bond acceptors (Lipinski definition) is 5. The fourth-order valence-corrected chi connectivity index (χ4v) is 2.39. The number of nitrogens with one attached hydrogen (secondary N) is 1. The minimum Gasteiger partial charge on any atom is -0.497 e. The Balaban J connectivity index is 2.14. The Morgan fingerprint density at radius 2 is 1.95 bits per heavy atom. The summed E-state index contributed by atoms with van der Waals surface area (Å²) in [6.07, 6.45) is -0.0495. The number of hydrogen-bond donors (Lipinski definition) is 1. The lowest BCUT2D eigenvalue weighted by atomic mass is 10.1. The Morgan fingerprint density at radius 3 is 2.52 bits per heavy atom. The minimum atomic E-state index is -0.323. The predicted octanol–water partition coefficient (Wildman–Crippen LogP) is 1.08. The third-order valence-electron chi connectivity index (χ3n) is 3.59. The SMILES string of the molecule is COC(=O)CCN1C(=O)C(C)NC1c1ccc(OC)cc1. The second kappa shape index (κ2) is 6.58.